The fourth-order valence-corrected chi connectivity index (χ4v) is 2.29. The molecule has 1 fully saturated rings. The van der Waals surface area contributed by atoms with Gasteiger partial charge in [-0.15, -0.1) is 5.10 Å². The number of carbonyl (C=O) groups excluding carboxylic acids is 1. The van der Waals surface area contributed by atoms with Crippen LogP contribution in [0.5, 0.6) is 5.75 Å². The third kappa shape index (κ3) is 3.10. The summed E-state index contributed by atoms with van der Waals surface area (Å²) in [6, 6.07) is 6.61. The van der Waals surface area contributed by atoms with Crippen LogP contribution in [0.1, 0.15) is 18.9 Å². The molecule has 0 aliphatic carbocycles. The monoisotopic (exact) mass is 263 g/mol. The number of hydrogen-bond acceptors (Lipinski definition) is 5. The Morgan fingerprint density at radius 1 is 1.44 bits per heavy atom. The van der Waals surface area contributed by atoms with Crippen LogP contribution in [-0.4, -0.2) is 27.6 Å². The minimum atomic E-state index is -0.0624. The van der Waals surface area contributed by atoms with Crippen molar-refractivity contribution in [2.75, 3.05) is 0 Å². The maximum Gasteiger partial charge on any atom is 0.239 e. The van der Waals surface area contributed by atoms with Gasteiger partial charge < -0.3 is 10.4 Å². The van der Waals surface area contributed by atoms with Gasteiger partial charge >= 0.3 is 0 Å². The van der Waals surface area contributed by atoms with Gasteiger partial charge in [0.1, 0.15) is 5.75 Å². The molecule has 1 saturated heterocycles. The first kappa shape index (κ1) is 12.6. The van der Waals surface area contributed by atoms with E-state index in [-0.39, 0.29) is 16.9 Å². The predicted octanol–water partition coefficient (Wildman–Crippen LogP) is 1.72. The van der Waals surface area contributed by atoms with Gasteiger partial charge in [-0.2, -0.15) is 5.10 Å². The summed E-state index contributed by atoms with van der Waals surface area (Å²) in [6.45, 7) is 1.96. The number of thioether (sulfide) groups is 1. The zero-order chi connectivity index (χ0) is 13.0. The standard InChI is InChI=1S/C12H13N3O2S/c1-2-10-11(17)14-12(18-10)15-13-7-8-3-5-9(16)6-4-8/h3-7,10,16H,2H2,1H3,(H,14,15,17)/b13-7+. The molecular formula is C12H13N3O2S. The zero-order valence-corrected chi connectivity index (χ0v) is 10.6. The van der Waals surface area contributed by atoms with E-state index in [4.69, 9.17) is 5.11 Å². The number of rotatable bonds is 3. The van der Waals surface area contributed by atoms with E-state index in [0.29, 0.717) is 5.17 Å². The molecule has 1 amide bonds. The van der Waals surface area contributed by atoms with Gasteiger partial charge in [0.15, 0.2) is 5.17 Å². The highest BCUT2D eigenvalue weighted by atomic mass is 32.2. The van der Waals surface area contributed by atoms with Gasteiger partial charge in [0, 0.05) is 0 Å². The lowest BCUT2D eigenvalue weighted by molar-refractivity contribution is -0.118. The van der Waals surface area contributed by atoms with E-state index < -0.39 is 0 Å². The van der Waals surface area contributed by atoms with Crippen molar-refractivity contribution in [2.24, 2.45) is 10.2 Å². The summed E-state index contributed by atoms with van der Waals surface area (Å²) < 4.78 is 0. The molecule has 1 unspecified atom stereocenters. The van der Waals surface area contributed by atoms with Crippen molar-refractivity contribution in [1.29, 1.82) is 0 Å². The number of hydrogen-bond donors (Lipinski definition) is 2. The second-order valence-electron chi connectivity index (χ2n) is 3.75. The topological polar surface area (TPSA) is 74.1 Å². The Morgan fingerprint density at radius 3 is 2.78 bits per heavy atom. The molecule has 0 radical (unpaired) electrons. The van der Waals surface area contributed by atoms with E-state index in [1.54, 1.807) is 30.5 Å². The minimum absolute atomic E-state index is 0.0129. The molecule has 0 aromatic heterocycles. The lowest BCUT2D eigenvalue weighted by Crippen LogP contribution is -2.24. The van der Waals surface area contributed by atoms with Gasteiger partial charge in [-0.25, -0.2) is 0 Å². The summed E-state index contributed by atoms with van der Waals surface area (Å²) >= 11 is 1.39. The molecule has 5 nitrogen and oxygen atoms in total. The van der Waals surface area contributed by atoms with Gasteiger partial charge in [0.05, 0.1) is 11.5 Å². The summed E-state index contributed by atoms with van der Waals surface area (Å²) in [5.74, 6) is 0.198. The minimum Gasteiger partial charge on any atom is -0.508 e. The zero-order valence-electron chi connectivity index (χ0n) is 9.83. The molecule has 0 saturated carbocycles. The first-order chi connectivity index (χ1) is 8.69. The van der Waals surface area contributed by atoms with E-state index in [1.807, 2.05) is 6.92 Å². The molecule has 1 aliphatic rings. The Balaban J connectivity index is 1.99. The van der Waals surface area contributed by atoms with Crippen LogP contribution in [0.25, 0.3) is 0 Å². The van der Waals surface area contributed by atoms with Crippen molar-refractivity contribution < 1.29 is 9.90 Å². The smallest absolute Gasteiger partial charge is 0.239 e. The van der Waals surface area contributed by atoms with Gasteiger partial charge in [0.25, 0.3) is 0 Å². The Labute approximate surface area is 109 Å². The van der Waals surface area contributed by atoms with Crippen LogP contribution in [0.15, 0.2) is 34.5 Å². The molecule has 1 aromatic carbocycles. The highest BCUT2D eigenvalue weighted by Crippen LogP contribution is 2.21. The summed E-state index contributed by atoms with van der Waals surface area (Å²) in [5, 5.41) is 20.1. The highest BCUT2D eigenvalue weighted by Gasteiger charge is 2.28. The number of carbonyl (C=O) groups is 1. The molecule has 1 aliphatic heterocycles. The van der Waals surface area contributed by atoms with Crippen LogP contribution in [-0.2, 0) is 4.79 Å². The molecule has 18 heavy (non-hydrogen) atoms. The lowest BCUT2D eigenvalue weighted by Gasteiger charge is -1.95. The van der Waals surface area contributed by atoms with Crippen molar-refractivity contribution in [1.82, 2.24) is 5.32 Å². The molecule has 0 bridgehead atoms. The van der Waals surface area contributed by atoms with Gasteiger partial charge in [0.2, 0.25) is 5.91 Å². The second kappa shape index (κ2) is 5.68. The van der Waals surface area contributed by atoms with Crippen LogP contribution in [0.2, 0.25) is 0 Å². The molecule has 0 spiro atoms. The van der Waals surface area contributed by atoms with Crippen LogP contribution < -0.4 is 5.32 Å². The van der Waals surface area contributed by atoms with Gasteiger partial charge in [-0.05, 0) is 36.2 Å². The molecular weight excluding hydrogens is 250 g/mol. The average Bonchev–Trinajstić information content (AvgIpc) is 2.72. The van der Waals surface area contributed by atoms with Crippen LogP contribution in [0.4, 0.5) is 0 Å². The number of aromatic hydroxyl groups is 1. The normalized spacial score (nSPS) is 21.7. The Hall–Kier alpha value is -1.82. The fourth-order valence-electron chi connectivity index (χ4n) is 1.43. The molecule has 94 valence electrons. The Kier molecular flexibility index (Phi) is 3.99. The van der Waals surface area contributed by atoms with Crippen LogP contribution >= 0.6 is 11.8 Å². The number of benzene rings is 1. The fraction of sp³-hybridized carbons (Fsp3) is 0.250. The first-order valence-electron chi connectivity index (χ1n) is 5.56. The number of phenols is 1. The van der Waals surface area contributed by atoms with Crippen LogP contribution in [0, 0.1) is 0 Å². The van der Waals surface area contributed by atoms with Crippen molar-refractivity contribution >= 4 is 29.1 Å². The Bertz CT molecular complexity index is 497. The predicted molar refractivity (Wildman–Crippen MR) is 72.9 cm³/mol. The molecule has 6 heteroatoms. The lowest BCUT2D eigenvalue weighted by atomic mass is 10.2. The number of nitrogens with one attached hydrogen (secondary N) is 1. The van der Waals surface area contributed by atoms with Crippen molar-refractivity contribution in [3.63, 3.8) is 0 Å². The third-order valence-corrected chi connectivity index (χ3v) is 3.63. The summed E-state index contributed by atoms with van der Waals surface area (Å²) in [7, 11) is 0. The molecule has 2 N–H and O–H groups in total. The number of phenolic OH excluding ortho intramolecular Hbond substituents is 1. The number of nitrogens with zero attached hydrogens (tertiary/aromatic N) is 2. The molecule has 1 aromatic rings. The van der Waals surface area contributed by atoms with E-state index >= 15 is 0 Å². The highest BCUT2D eigenvalue weighted by molar-refractivity contribution is 8.15. The average molecular weight is 263 g/mol. The maximum atomic E-state index is 11.4. The van der Waals surface area contributed by atoms with Crippen molar-refractivity contribution in [3.8, 4) is 5.75 Å². The van der Waals surface area contributed by atoms with Gasteiger partial charge in [-0.1, -0.05) is 18.7 Å². The van der Waals surface area contributed by atoms with Crippen LogP contribution in [0.3, 0.4) is 0 Å². The maximum absolute atomic E-state index is 11.4. The quantitative estimate of drug-likeness (QED) is 0.644. The largest absolute Gasteiger partial charge is 0.508 e. The Morgan fingerprint density at radius 2 is 2.17 bits per heavy atom. The van der Waals surface area contributed by atoms with E-state index in [1.165, 1.54) is 11.8 Å². The number of amides is 1. The van der Waals surface area contributed by atoms with Crippen molar-refractivity contribution in [2.45, 2.75) is 18.6 Å². The van der Waals surface area contributed by atoms with Crippen molar-refractivity contribution in [3.05, 3.63) is 29.8 Å². The second-order valence-corrected chi connectivity index (χ2v) is 4.94. The third-order valence-electron chi connectivity index (χ3n) is 2.40. The van der Waals surface area contributed by atoms with E-state index in [9.17, 15) is 4.79 Å². The van der Waals surface area contributed by atoms with Gasteiger partial charge in [-0.3, -0.25) is 4.79 Å². The van der Waals surface area contributed by atoms with E-state index in [0.717, 1.165) is 12.0 Å². The van der Waals surface area contributed by atoms with E-state index in [2.05, 4.69) is 15.5 Å². The first-order valence-corrected chi connectivity index (χ1v) is 6.44. The SMILES string of the molecule is CCC1S/C(=N/N=C/c2ccc(O)cc2)NC1=O. The molecule has 2 rings (SSSR count). The summed E-state index contributed by atoms with van der Waals surface area (Å²) in [5.41, 5.74) is 0.832. The number of amidine groups is 1. The summed E-state index contributed by atoms with van der Waals surface area (Å²) in [4.78, 5) is 11.4. The molecule has 1 atom stereocenters. The molecule has 1 heterocycles. The summed E-state index contributed by atoms with van der Waals surface area (Å²) in [6.07, 6.45) is 2.34.